The summed E-state index contributed by atoms with van der Waals surface area (Å²) in [5.41, 5.74) is 5.85. The van der Waals surface area contributed by atoms with E-state index in [1.165, 1.54) is 4.88 Å². The van der Waals surface area contributed by atoms with Crippen LogP contribution in [0.3, 0.4) is 0 Å². The van der Waals surface area contributed by atoms with Crippen molar-refractivity contribution in [3.8, 4) is 0 Å². The smallest absolute Gasteiger partial charge is 0.241 e. The van der Waals surface area contributed by atoms with E-state index in [0.29, 0.717) is 6.54 Å². The standard InChI is InChI=1S/C14H19N5OS/c1-3-9-7-10-12(16-14(15)17-13(10)21-9)19-6-4-5-18(2)11(20)8-19/h7H,3-6,8H2,1-2H3,(H2,15,16,17). The predicted molar refractivity (Wildman–Crippen MR) is 85.7 cm³/mol. The molecule has 21 heavy (non-hydrogen) atoms. The van der Waals surface area contributed by atoms with E-state index in [4.69, 9.17) is 5.73 Å². The molecule has 0 radical (unpaired) electrons. The number of hydrogen-bond donors (Lipinski definition) is 1. The summed E-state index contributed by atoms with van der Waals surface area (Å²) < 4.78 is 0. The van der Waals surface area contributed by atoms with Crippen molar-refractivity contribution in [3.63, 3.8) is 0 Å². The van der Waals surface area contributed by atoms with Crippen LogP contribution in [0.15, 0.2) is 6.07 Å². The minimum atomic E-state index is 0.115. The Morgan fingerprint density at radius 2 is 2.19 bits per heavy atom. The molecule has 6 nitrogen and oxygen atoms in total. The average molecular weight is 305 g/mol. The van der Waals surface area contributed by atoms with Crippen LogP contribution in [0.4, 0.5) is 11.8 Å². The zero-order valence-corrected chi connectivity index (χ0v) is 13.1. The van der Waals surface area contributed by atoms with Gasteiger partial charge < -0.3 is 15.5 Å². The quantitative estimate of drug-likeness (QED) is 0.910. The first-order chi connectivity index (χ1) is 10.1. The van der Waals surface area contributed by atoms with Crippen LogP contribution in [0.1, 0.15) is 18.2 Å². The molecule has 112 valence electrons. The number of rotatable bonds is 2. The molecule has 1 saturated heterocycles. The zero-order valence-electron chi connectivity index (χ0n) is 12.3. The van der Waals surface area contributed by atoms with Crippen LogP contribution in [0.2, 0.25) is 0 Å². The van der Waals surface area contributed by atoms with Crippen LogP contribution in [-0.2, 0) is 11.2 Å². The third kappa shape index (κ3) is 2.65. The topological polar surface area (TPSA) is 75.3 Å². The van der Waals surface area contributed by atoms with Gasteiger partial charge in [0.2, 0.25) is 11.9 Å². The van der Waals surface area contributed by atoms with Gasteiger partial charge in [-0.2, -0.15) is 4.98 Å². The highest BCUT2D eigenvalue weighted by atomic mass is 32.1. The van der Waals surface area contributed by atoms with Crippen molar-refractivity contribution in [1.29, 1.82) is 0 Å². The maximum Gasteiger partial charge on any atom is 0.241 e. The molecule has 7 heteroatoms. The first-order valence-electron chi connectivity index (χ1n) is 7.13. The van der Waals surface area contributed by atoms with Crippen LogP contribution in [-0.4, -0.2) is 47.5 Å². The van der Waals surface area contributed by atoms with Crippen molar-refractivity contribution < 1.29 is 4.79 Å². The van der Waals surface area contributed by atoms with E-state index in [9.17, 15) is 4.79 Å². The highest BCUT2D eigenvalue weighted by Crippen LogP contribution is 2.32. The second-order valence-electron chi connectivity index (χ2n) is 5.28. The Kier molecular flexibility index (Phi) is 3.67. The molecule has 2 aromatic rings. The summed E-state index contributed by atoms with van der Waals surface area (Å²) in [6.45, 7) is 4.05. The molecular formula is C14H19N5OS. The first kappa shape index (κ1) is 14.1. The fraction of sp³-hybridized carbons (Fsp3) is 0.500. The molecule has 2 N–H and O–H groups in total. The Morgan fingerprint density at radius 3 is 2.95 bits per heavy atom. The van der Waals surface area contributed by atoms with Gasteiger partial charge in [-0.15, -0.1) is 11.3 Å². The lowest BCUT2D eigenvalue weighted by atomic mass is 10.3. The number of hydrogen-bond acceptors (Lipinski definition) is 6. The fourth-order valence-corrected chi connectivity index (χ4v) is 3.52. The van der Waals surface area contributed by atoms with E-state index in [1.54, 1.807) is 16.2 Å². The monoisotopic (exact) mass is 305 g/mol. The maximum atomic E-state index is 12.1. The largest absolute Gasteiger partial charge is 0.368 e. The molecule has 0 unspecified atom stereocenters. The van der Waals surface area contributed by atoms with Gasteiger partial charge in [-0.05, 0) is 18.9 Å². The summed E-state index contributed by atoms with van der Waals surface area (Å²) in [5.74, 6) is 1.17. The molecule has 1 aliphatic rings. The first-order valence-corrected chi connectivity index (χ1v) is 7.95. The number of nitrogen functional groups attached to an aromatic ring is 1. The number of carbonyl (C=O) groups excluding carboxylic acids is 1. The summed E-state index contributed by atoms with van der Waals surface area (Å²) in [6.07, 6.45) is 1.89. The molecule has 1 aliphatic heterocycles. The number of amides is 1. The number of thiophene rings is 1. The van der Waals surface area contributed by atoms with Crippen molar-refractivity contribution in [1.82, 2.24) is 14.9 Å². The minimum absolute atomic E-state index is 0.115. The van der Waals surface area contributed by atoms with E-state index in [2.05, 4.69) is 23.0 Å². The van der Waals surface area contributed by atoms with Crippen LogP contribution < -0.4 is 10.6 Å². The van der Waals surface area contributed by atoms with Crippen molar-refractivity contribution in [2.75, 3.05) is 37.3 Å². The van der Waals surface area contributed by atoms with E-state index in [-0.39, 0.29) is 11.9 Å². The van der Waals surface area contributed by atoms with Crippen molar-refractivity contribution in [2.45, 2.75) is 19.8 Å². The number of aromatic nitrogens is 2. The zero-order chi connectivity index (χ0) is 15.0. The molecule has 3 rings (SSSR count). The number of anilines is 2. The van der Waals surface area contributed by atoms with Gasteiger partial charge in [0.15, 0.2) is 0 Å². The normalized spacial score (nSPS) is 16.6. The Balaban J connectivity index is 2.06. The molecule has 0 spiro atoms. The Morgan fingerprint density at radius 1 is 1.38 bits per heavy atom. The Labute approximate surface area is 127 Å². The lowest BCUT2D eigenvalue weighted by Crippen LogP contribution is -2.34. The summed E-state index contributed by atoms with van der Waals surface area (Å²) in [6, 6.07) is 2.12. The fourth-order valence-electron chi connectivity index (χ4n) is 2.55. The summed E-state index contributed by atoms with van der Waals surface area (Å²) >= 11 is 1.64. The van der Waals surface area contributed by atoms with Gasteiger partial charge >= 0.3 is 0 Å². The van der Waals surface area contributed by atoms with E-state index < -0.39 is 0 Å². The molecular weight excluding hydrogens is 286 g/mol. The third-order valence-electron chi connectivity index (χ3n) is 3.76. The van der Waals surface area contributed by atoms with Gasteiger partial charge in [-0.25, -0.2) is 4.98 Å². The number of nitrogens with two attached hydrogens (primary N) is 1. The molecule has 0 saturated carbocycles. The molecule has 3 heterocycles. The molecule has 0 aliphatic carbocycles. The van der Waals surface area contributed by atoms with E-state index in [0.717, 1.165) is 42.0 Å². The SMILES string of the molecule is CCc1cc2c(N3CCCN(C)C(=O)C3)nc(N)nc2s1. The van der Waals surface area contributed by atoms with Crippen LogP contribution in [0.5, 0.6) is 0 Å². The highest BCUT2D eigenvalue weighted by molar-refractivity contribution is 7.18. The van der Waals surface area contributed by atoms with Crippen LogP contribution in [0, 0.1) is 0 Å². The number of likely N-dealkylation sites (N-methyl/N-ethyl adjacent to an activating group) is 1. The summed E-state index contributed by atoms with van der Waals surface area (Å²) in [4.78, 5) is 26.8. The predicted octanol–water partition coefficient (Wildman–Crippen LogP) is 1.50. The van der Waals surface area contributed by atoms with E-state index >= 15 is 0 Å². The second-order valence-corrected chi connectivity index (χ2v) is 6.40. The summed E-state index contributed by atoms with van der Waals surface area (Å²) in [7, 11) is 1.84. The van der Waals surface area contributed by atoms with Crippen molar-refractivity contribution >= 4 is 39.2 Å². The van der Waals surface area contributed by atoms with Crippen molar-refractivity contribution in [2.24, 2.45) is 0 Å². The van der Waals surface area contributed by atoms with Gasteiger partial charge in [-0.3, -0.25) is 4.79 Å². The van der Waals surface area contributed by atoms with Crippen LogP contribution >= 0.6 is 11.3 Å². The van der Waals surface area contributed by atoms with Crippen molar-refractivity contribution in [3.05, 3.63) is 10.9 Å². The number of aryl methyl sites for hydroxylation is 1. The third-order valence-corrected chi connectivity index (χ3v) is 4.94. The highest BCUT2D eigenvalue weighted by Gasteiger charge is 2.23. The molecule has 0 aromatic carbocycles. The lowest BCUT2D eigenvalue weighted by molar-refractivity contribution is -0.127. The van der Waals surface area contributed by atoms with Gasteiger partial charge in [0.05, 0.1) is 11.9 Å². The second kappa shape index (κ2) is 5.48. The Bertz CT molecular complexity index is 683. The van der Waals surface area contributed by atoms with Gasteiger partial charge in [0, 0.05) is 25.0 Å². The van der Waals surface area contributed by atoms with Gasteiger partial charge in [0.1, 0.15) is 10.6 Å². The maximum absolute atomic E-state index is 12.1. The average Bonchev–Trinajstić information content (AvgIpc) is 2.79. The number of nitrogens with zero attached hydrogens (tertiary/aromatic N) is 4. The molecule has 1 amide bonds. The number of fused-ring (bicyclic) bond motifs is 1. The minimum Gasteiger partial charge on any atom is -0.368 e. The van der Waals surface area contributed by atoms with E-state index in [1.807, 2.05) is 11.9 Å². The van der Waals surface area contributed by atoms with Crippen LogP contribution in [0.25, 0.3) is 10.2 Å². The summed E-state index contributed by atoms with van der Waals surface area (Å²) in [5, 5.41) is 1.00. The Hall–Kier alpha value is -1.89. The lowest BCUT2D eigenvalue weighted by Gasteiger charge is -2.21. The molecule has 2 aromatic heterocycles. The number of carbonyl (C=O) groups is 1. The molecule has 1 fully saturated rings. The molecule has 0 atom stereocenters. The van der Waals surface area contributed by atoms with Gasteiger partial charge in [-0.1, -0.05) is 6.92 Å². The van der Waals surface area contributed by atoms with Gasteiger partial charge in [0.25, 0.3) is 0 Å². The molecule has 0 bridgehead atoms.